The van der Waals surface area contributed by atoms with Crippen molar-refractivity contribution in [2.24, 2.45) is 0 Å². The highest BCUT2D eigenvalue weighted by molar-refractivity contribution is 5.92. The minimum Gasteiger partial charge on any atom is -0.504 e. The van der Waals surface area contributed by atoms with Crippen molar-refractivity contribution < 1.29 is 19.7 Å². The molecule has 1 aromatic carbocycles. The Morgan fingerprint density at radius 3 is 2.69 bits per heavy atom. The molecule has 0 aliphatic rings. The molecule has 4 nitrogen and oxygen atoms in total. The van der Waals surface area contributed by atoms with E-state index in [4.69, 9.17) is 9.84 Å². The molecule has 1 aromatic rings. The number of phenolic OH excluding ortho intramolecular Hbond substituents is 1. The maximum absolute atomic E-state index is 10.8. The van der Waals surface area contributed by atoms with Crippen LogP contribution in [0.4, 0.5) is 0 Å². The van der Waals surface area contributed by atoms with Gasteiger partial charge in [0.25, 0.3) is 0 Å². The first-order valence-electron chi connectivity index (χ1n) is 4.89. The Bertz CT molecular complexity index is 421. The van der Waals surface area contributed by atoms with Crippen LogP contribution in [0.2, 0.25) is 0 Å². The fourth-order valence-corrected chi connectivity index (χ4v) is 1.30. The molecule has 16 heavy (non-hydrogen) atoms. The van der Waals surface area contributed by atoms with Gasteiger partial charge < -0.3 is 14.9 Å². The molecule has 0 atom stereocenters. The van der Waals surface area contributed by atoms with Gasteiger partial charge in [0.15, 0.2) is 11.5 Å². The van der Waals surface area contributed by atoms with Crippen LogP contribution < -0.4 is 4.74 Å². The van der Waals surface area contributed by atoms with Crippen LogP contribution in [0.5, 0.6) is 11.5 Å². The topological polar surface area (TPSA) is 66.8 Å². The normalized spacial score (nSPS) is 11.2. The minimum atomic E-state index is -0.936. The van der Waals surface area contributed by atoms with Gasteiger partial charge in [0, 0.05) is 5.57 Å². The van der Waals surface area contributed by atoms with Gasteiger partial charge in [0.1, 0.15) is 0 Å². The summed E-state index contributed by atoms with van der Waals surface area (Å²) in [5.41, 5.74) is 1.00. The van der Waals surface area contributed by atoms with Crippen molar-refractivity contribution in [3.63, 3.8) is 0 Å². The Morgan fingerprint density at radius 2 is 2.19 bits per heavy atom. The summed E-state index contributed by atoms with van der Waals surface area (Å²) in [5.74, 6) is -0.572. The summed E-state index contributed by atoms with van der Waals surface area (Å²) < 4.78 is 4.93. The van der Waals surface area contributed by atoms with Crippen LogP contribution in [0.25, 0.3) is 6.08 Å². The second kappa shape index (κ2) is 5.21. The third-order valence-corrected chi connectivity index (χ3v) is 2.20. The zero-order chi connectivity index (χ0) is 12.1. The van der Waals surface area contributed by atoms with Gasteiger partial charge in [-0.05, 0) is 30.2 Å². The molecule has 0 fully saturated rings. The number of hydrogen-bond donors (Lipinski definition) is 2. The molecule has 0 aliphatic heterocycles. The van der Waals surface area contributed by atoms with Crippen molar-refractivity contribution in [1.82, 2.24) is 0 Å². The maximum Gasteiger partial charge on any atom is 0.331 e. The van der Waals surface area contributed by atoms with Crippen molar-refractivity contribution in [2.75, 3.05) is 7.11 Å². The number of aliphatic carboxylic acids is 1. The Balaban J connectivity index is 3.10. The van der Waals surface area contributed by atoms with Crippen LogP contribution in [-0.2, 0) is 4.79 Å². The molecule has 1 rings (SSSR count). The van der Waals surface area contributed by atoms with Gasteiger partial charge in [-0.25, -0.2) is 4.79 Å². The van der Waals surface area contributed by atoms with E-state index in [2.05, 4.69) is 0 Å². The molecule has 4 heteroatoms. The van der Waals surface area contributed by atoms with Crippen LogP contribution in [0.3, 0.4) is 0 Å². The summed E-state index contributed by atoms with van der Waals surface area (Å²) >= 11 is 0. The molecule has 0 heterocycles. The molecule has 0 unspecified atom stereocenters. The number of methoxy groups -OCH3 is 1. The molecule has 86 valence electrons. The lowest BCUT2D eigenvalue weighted by atomic mass is 10.1. The van der Waals surface area contributed by atoms with Gasteiger partial charge in [-0.15, -0.1) is 0 Å². The SMILES string of the molecule is CC/C(=C/c1ccc(O)c(OC)c1)C(=O)O. The Morgan fingerprint density at radius 1 is 1.50 bits per heavy atom. The average molecular weight is 222 g/mol. The summed E-state index contributed by atoms with van der Waals surface area (Å²) in [4.78, 5) is 10.8. The highest BCUT2D eigenvalue weighted by atomic mass is 16.5. The Labute approximate surface area is 93.8 Å². The average Bonchev–Trinajstić information content (AvgIpc) is 2.27. The number of ether oxygens (including phenoxy) is 1. The highest BCUT2D eigenvalue weighted by Gasteiger charge is 2.06. The lowest BCUT2D eigenvalue weighted by Gasteiger charge is -2.04. The summed E-state index contributed by atoms with van der Waals surface area (Å²) in [6.07, 6.45) is 2.00. The lowest BCUT2D eigenvalue weighted by molar-refractivity contribution is -0.132. The van der Waals surface area contributed by atoms with E-state index in [0.29, 0.717) is 23.3 Å². The molecule has 0 saturated carbocycles. The van der Waals surface area contributed by atoms with E-state index in [-0.39, 0.29) is 5.75 Å². The van der Waals surface area contributed by atoms with Crippen molar-refractivity contribution in [1.29, 1.82) is 0 Å². The number of phenols is 1. The standard InChI is InChI=1S/C12H14O4/c1-3-9(12(14)15)6-8-4-5-10(13)11(7-8)16-2/h4-7,13H,3H2,1-2H3,(H,14,15)/b9-6-. The predicted molar refractivity (Wildman–Crippen MR) is 60.6 cm³/mol. The van der Waals surface area contributed by atoms with Gasteiger partial charge in [-0.2, -0.15) is 0 Å². The van der Waals surface area contributed by atoms with Crippen LogP contribution in [-0.4, -0.2) is 23.3 Å². The fraction of sp³-hybridized carbons (Fsp3) is 0.250. The molecule has 0 spiro atoms. The van der Waals surface area contributed by atoms with Crippen molar-refractivity contribution in [2.45, 2.75) is 13.3 Å². The lowest BCUT2D eigenvalue weighted by Crippen LogP contribution is -1.98. The molecule has 0 bridgehead atoms. The van der Waals surface area contributed by atoms with Gasteiger partial charge in [-0.3, -0.25) is 0 Å². The third kappa shape index (κ3) is 2.76. The summed E-state index contributed by atoms with van der Waals surface area (Å²) in [6.45, 7) is 1.78. The molecule has 0 saturated heterocycles. The van der Waals surface area contributed by atoms with Gasteiger partial charge >= 0.3 is 5.97 Å². The largest absolute Gasteiger partial charge is 0.504 e. The number of hydrogen-bond acceptors (Lipinski definition) is 3. The monoisotopic (exact) mass is 222 g/mol. The zero-order valence-corrected chi connectivity index (χ0v) is 9.23. The smallest absolute Gasteiger partial charge is 0.331 e. The van der Waals surface area contributed by atoms with E-state index in [1.54, 1.807) is 25.1 Å². The van der Waals surface area contributed by atoms with E-state index in [0.717, 1.165) is 0 Å². The fourth-order valence-electron chi connectivity index (χ4n) is 1.30. The van der Waals surface area contributed by atoms with Gasteiger partial charge in [0.2, 0.25) is 0 Å². The van der Waals surface area contributed by atoms with E-state index < -0.39 is 5.97 Å². The van der Waals surface area contributed by atoms with Crippen LogP contribution in [0, 0.1) is 0 Å². The van der Waals surface area contributed by atoms with Crippen molar-refractivity contribution in [3.8, 4) is 11.5 Å². The first kappa shape index (κ1) is 12.1. The molecule has 0 aliphatic carbocycles. The number of aromatic hydroxyl groups is 1. The summed E-state index contributed by atoms with van der Waals surface area (Å²) in [6, 6.07) is 4.70. The minimum absolute atomic E-state index is 0.0352. The molecule has 0 radical (unpaired) electrons. The van der Waals surface area contributed by atoms with Crippen LogP contribution in [0.1, 0.15) is 18.9 Å². The first-order valence-corrected chi connectivity index (χ1v) is 4.89. The number of carbonyl (C=O) groups is 1. The molecular formula is C12H14O4. The summed E-state index contributed by atoms with van der Waals surface area (Å²) in [7, 11) is 1.44. The Hall–Kier alpha value is -1.97. The van der Waals surface area contributed by atoms with Crippen molar-refractivity contribution in [3.05, 3.63) is 29.3 Å². The zero-order valence-electron chi connectivity index (χ0n) is 9.23. The Kier molecular flexibility index (Phi) is 3.94. The molecular weight excluding hydrogens is 208 g/mol. The van der Waals surface area contributed by atoms with E-state index >= 15 is 0 Å². The molecule has 0 aromatic heterocycles. The first-order chi connectivity index (χ1) is 7.58. The van der Waals surface area contributed by atoms with Gasteiger partial charge in [-0.1, -0.05) is 13.0 Å². The van der Waals surface area contributed by atoms with E-state index in [9.17, 15) is 9.90 Å². The van der Waals surface area contributed by atoms with Crippen molar-refractivity contribution >= 4 is 12.0 Å². The van der Waals surface area contributed by atoms with E-state index in [1.165, 1.54) is 13.2 Å². The number of rotatable bonds is 4. The highest BCUT2D eigenvalue weighted by Crippen LogP contribution is 2.27. The molecule has 2 N–H and O–H groups in total. The molecule has 0 amide bonds. The second-order valence-electron chi connectivity index (χ2n) is 3.26. The van der Waals surface area contributed by atoms with Crippen LogP contribution in [0.15, 0.2) is 23.8 Å². The number of benzene rings is 1. The quantitative estimate of drug-likeness (QED) is 0.767. The number of carboxylic acids is 1. The second-order valence-corrected chi connectivity index (χ2v) is 3.26. The van der Waals surface area contributed by atoms with Crippen LogP contribution >= 0.6 is 0 Å². The third-order valence-electron chi connectivity index (χ3n) is 2.20. The number of carboxylic acid groups (broad SMARTS) is 1. The van der Waals surface area contributed by atoms with Gasteiger partial charge in [0.05, 0.1) is 7.11 Å². The van der Waals surface area contributed by atoms with E-state index in [1.807, 2.05) is 0 Å². The maximum atomic E-state index is 10.8. The predicted octanol–water partition coefficient (Wildman–Crippen LogP) is 2.28. The summed E-state index contributed by atoms with van der Waals surface area (Å²) in [5, 5.41) is 18.2.